The summed E-state index contributed by atoms with van der Waals surface area (Å²) in [6.07, 6.45) is 11.9. The summed E-state index contributed by atoms with van der Waals surface area (Å²) in [5.74, 6) is 0. The van der Waals surface area contributed by atoms with Gasteiger partial charge >= 0.3 is 0 Å². The Hall–Kier alpha value is -5.90. The number of rotatable bonds is 9. The molecule has 0 spiro atoms. The van der Waals surface area contributed by atoms with Crippen LogP contribution in [0.2, 0.25) is 0 Å². The molecule has 206 valence electrons. The van der Waals surface area contributed by atoms with Crippen LogP contribution in [0.25, 0.3) is 22.5 Å². The molecule has 0 saturated heterocycles. The Labute approximate surface area is 240 Å². The van der Waals surface area contributed by atoms with Crippen LogP contribution in [0, 0.1) is 26.3 Å². The Balaban J connectivity index is 1.09. The molecule has 0 aliphatic heterocycles. The van der Waals surface area contributed by atoms with Gasteiger partial charge in [-0.3, -0.25) is 20.2 Å². The van der Waals surface area contributed by atoms with Crippen molar-refractivity contribution in [2.24, 2.45) is 0 Å². The van der Waals surface area contributed by atoms with Crippen molar-refractivity contribution in [3.05, 3.63) is 166 Å². The van der Waals surface area contributed by atoms with Gasteiger partial charge < -0.3 is 0 Å². The van der Waals surface area contributed by atoms with Gasteiger partial charge in [0.1, 0.15) is 42.7 Å². The van der Waals surface area contributed by atoms with E-state index in [2.05, 4.69) is 54.6 Å². The highest BCUT2D eigenvalue weighted by Gasteiger charge is 2.11. The largest absolute Gasteiger partial charge is 0.270 e. The predicted molar refractivity (Wildman–Crippen MR) is 154 cm³/mol. The van der Waals surface area contributed by atoms with Crippen LogP contribution in [0.3, 0.4) is 0 Å². The number of hydrogen-bond donors (Lipinski definition) is 0. The summed E-state index contributed by atoms with van der Waals surface area (Å²) in [5, 5.41) is 21.7. The molecule has 6 rings (SSSR count). The lowest BCUT2D eigenvalue weighted by molar-refractivity contribution is -0.687. The van der Waals surface area contributed by atoms with Crippen LogP contribution in [-0.2, 0) is 13.1 Å². The molecule has 10 nitrogen and oxygen atoms in total. The molecule has 0 amide bonds. The van der Waals surface area contributed by atoms with Crippen LogP contribution in [0.5, 0.6) is 0 Å². The van der Waals surface area contributed by atoms with Crippen molar-refractivity contribution in [1.29, 1.82) is 0 Å². The molecule has 0 saturated carbocycles. The Kier molecular flexibility index (Phi) is 7.08. The van der Waals surface area contributed by atoms with E-state index in [1.54, 1.807) is 18.2 Å². The lowest BCUT2D eigenvalue weighted by Gasteiger charge is -2.05. The third-order valence-electron chi connectivity index (χ3n) is 6.98. The maximum Gasteiger partial charge on any atom is 0.269 e. The third kappa shape index (κ3) is 5.82. The molecule has 0 aliphatic carbocycles. The van der Waals surface area contributed by atoms with E-state index in [9.17, 15) is 20.2 Å². The lowest BCUT2D eigenvalue weighted by atomic mass is 10.0. The van der Waals surface area contributed by atoms with Gasteiger partial charge in [-0.1, -0.05) is 30.3 Å². The number of hydrogen-bond acceptors (Lipinski definition) is 4. The second kappa shape index (κ2) is 11.3. The summed E-state index contributed by atoms with van der Waals surface area (Å²) >= 11 is 0. The summed E-state index contributed by atoms with van der Waals surface area (Å²) < 4.78 is 8.09. The molecule has 10 heteroatoms. The number of nitro groups is 2. The van der Waals surface area contributed by atoms with Gasteiger partial charge in [0.25, 0.3) is 5.69 Å². The van der Waals surface area contributed by atoms with Crippen LogP contribution in [-0.4, -0.2) is 19.0 Å². The van der Waals surface area contributed by atoms with Gasteiger partial charge in [-0.15, -0.1) is 11.6 Å². The number of nitrogens with zero attached hydrogens (tertiary/aromatic N) is 6. The molecule has 42 heavy (non-hydrogen) atoms. The van der Waals surface area contributed by atoms with Gasteiger partial charge in [0.2, 0.25) is 12.7 Å². The van der Waals surface area contributed by atoms with Gasteiger partial charge in [0, 0.05) is 17.1 Å². The van der Waals surface area contributed by atoms with Crippen molar-refractivity contribution in [2.75, 3.05) is 0 Å². The monoisotopic (exact) mass is 557 g/mol. The molecule has 0 radical (unpaired) electrons. The quantitative estimate of drug-likeness (QED) is 0.105. The molecule has 2 heterocycles. The van der Waals surface area contributed by atoms with Gasteiger partial charge in [-0.05, 0) is 53.1 Å². The van der Waals surface area contributed by atoms with Gasteiger partial charge in [-0.25, -0.2) is 18.3 Å². The molecule has 0 unspecified atom stereocenters. The van der Waals surface area contributed by atoms with Crippen LogP contribution in [0.15, 0.2) is 128 Å². The van der Waals surface area contributed by atoms with Crippen molar-refractivity contribution in [1.82, 2.24) is 9.13 Å². The molecule has 6 aromatic rings. The minimum Gasteiger partial charge on any atom is -0.270 e. The zero-order chi connectivity index (χ0) is 29.1. The molecule has 0 bridgehead atoms. The van der Waals surface area contributed by atoms with Crippen molar-refractivity contribution in [3.8, 4) is 22.5 Å². The molecular formula is C32H25N6O4+. The summed E-state index contributed by atoms with van der Waals surface area (Å²) in [6, 6.07) is 30.8. The van der Waals surface area contributed by atoms with E-state index in [1.165, 1.54) is 24.3 Å². The van der Waals surface area contributed by atoms with E-state index in [-0.39, 0.29) is 11.4 Å². The molecule has 0 atom stereocenters. The van der Waals surface area contributed by atoms with E-state index in [0.29, 0.717) is 13.1 Å². The average molecular weight is 558 g/mol. The second-order valence-electron chi connectivity index (χ2n) is 9.83. The van der Waals surface area contributed by atoms with Gasteiger partial charge in [-0.2, -0.15) is 12.1 Å². The maximum absolute atomic E-state index is 10.9. The minimum absolute atomic E-state index is 0.0331. The predicted octanol–water partition coefficient (Wildman–Crippen LogP) is 5.22. The first-order chi connectivity index (χ1) is 20.4. The Morgan fingerprint density at radius 3 is 1.60 bits per heavy atom. The Morgan fingerprint density at radius 1 is 0.619 bits per heavy atom. The minimum atomic E-state index is -0.424. The summed E-state index contributed by atoms with van der Waals surface area (Å²) in [7, 11) is 0. The molecule has 0 fully saturated rings. The topological polar surface area (TPSA) is 104 Å². The van der Waals surface area contributed by atoms with E-state index in [4.69, 9.17) is 0 Å². The van der Waals surface area contributed by atoms with Crippen LogP contribution in [0.1, 0.15) is 11.1 Å². The van der Waals surface area contributed by atoms with Crippen molar-refractivity contribution in [3.63, 3.8) is 0 Å². The molecule has 2 aromatic heterocycles. The fraction of sp³-hybridized carbons (Fsp3) is 0.0625. The zero-order valence-electron chi connectivity index (χ0n) is 22.4. The normalized spacial score (nSPS) is 11.0. The summed E-state index contributed by atoms with van der Waals surface area (Å²) in [6.45, 7) is 1.18. The van der Waals surface area contributed by atoms with Crippen LogP contribution in [0.4, 0.5) is 11.4 Å². The molecule has 4 aromatic carbocycles. The highest BCUT2D eigenvalue weighted by molar-refractivity contribution is 5.65. The maximum atomic E-state index is 10.9. The number of nitro benzene ring substituents is 2. The molecular weight excluding hydrogens is 532 g/mol. The van der Waals surface area contributed by atoms with E-state index in [1.807, 2.05) is 55.7 Å². The van der Waals surface area contributed by atoms with Crippen molar-refractivity contribution < 1.29 is 19.0 Å². The van der Waals surface area contributed by atoms with E-state index < -0.39 is 9.85 Å². The zero-order valence-corrected chi connectivity index (χ0v) is 22.4. The first-order valence-corrected chi connectivity index (χ1v) is 13.1. The number of benzene rings is 4. The standard InChI is InChI=1S/C32H25N6O4/c39-37(40)31-9-1-25(2-10-31)21-33-17-19-35(23-33)29-13-5-27(6-14-29)28-7-15-30(16-8-28)36-20-18-34(24-36)22-26-3-11-32(12-4-26)38(41)42/h1-3,5-20,23-24H,21-22H2/q+1. The summed E-state index contributed by atoms with van der Waals surface area (Å²) in [5.41, 5.74) is 6.22. The average Bonchev–Trinajstić information content (AvgIpc) is 3.68. The SMILES string of the molecule is O=[N+]([O-])c1c[c-]c(C[n+]2ccn(-c3ccc(-c4ccc(-n5cc[n+](Cc6ccc([N+](=O)[O-])cc6)c5)cc4)cc3)c2)cc1. The van der Waals surface area contributed by atoms with Gasteiger partial charge in [0.15, 0.2) is 5.69 Å². The Bertz CT molecular complexity index is 1720. The van der Waals surface area contributed by atoms with Crippen LogP contribution >= 0.6 is 0 Å². The highest BCUT2D eigenvalue weighted by Crippen LogP contribution is 2.23. The second-order valence-corrected chi connectivity index (χ2v) is 9.83. The molecule has 0 N–H and O–H groups in total. The Morgan fingerprint density at radius 2 is 1.12 bits per heavy atom. The van der Waals surface area contributed by atoms with Crippen molar-refractivity contribution in [2.45, 2.75) is 13.1 Å². The molecule has 0 aliphatic rings. The number of imidazole rings is 2. The summed E-state index contributed by atoms with van der Waals surface area (Å²) in [4.78, 5) is 20.9. The fourth-order valence-electron chi connectivity index (χ4n) is 4.72. The van der Waals surface area contributed by atoms with Gasteiger partial charge in [0.05, 0.1) is 11.5 Å². The van der Waals surface area contributed by atoms with E-state index >= 15 is 0 Å². The van der Waals surface area contributed by atoms with E-state index in [0.717, 1.165) is 33.6 Å². The first-order valence-electron chi connectivity index (χ1n) is 13.1. The van der Waals surface area contributed by atoms with Crippen molar-refractivity contribution >= 4 is 11.4 Å². The number of aromatic nitrogens is 4. The fourth-order valence-corrected chi connectivity index (χ4v) is 4.72. The first kappa shape index (κ1) is 26.3. The number of non-ortho nitro benzene ring substituents is 2. The van der Waals surface area contributed by atoms with Crippen LogP contribution < -0.4 is 9.13 Å². The highest BCUT2D eigenvalue weighted by atomic mass is 16.6. The lowest BCUT2D eigenvalue weighted by Crippen LogP contribution is -2.31. The smallest absolute Gasteiger partial charge is 0.269 e. The third-order valence-corrected chi connectivity index (χ3v) is 6.98.